The molecule has 0 radical (unpaired) electrons. The van der Waals surface area contributed by atoms with Gasteiger partial charge in [0.2, 0.25) is 0 Å². The van der Waals surface area contributed by atoms with Gasteiger partial charge in [-0.3, -0.25) is 23.4 Å². The van der Waals surface area contributed by atoms with Crippen molar-refractivity contribution in [1.82, 2.24) is 0 Å². The lowest BCUT2D eigenvalue weighted by Gasteiger charge is -2.49. The van der Waals surface area contributed by atoms with E-state index in [1.807, 2.05) is 0 Å². The lowest BCUT2D eigenvalue weighted by Crippen LogP contribution is -2.69. The summed E-state index contributed by atoms with van der Waals surface area (Å²) in [5, 5.41) is 110. The van der Waals surface area contributed by atoms with Crippen molar-refractivity contribution in [3.63, 3.8) is 0 Å². The molecule has 3 aliphatic rings. The molecule has 1 aliphatic carbocycles. The summed E-state index contributed by atoms with van der Waals surface area (Å²) in [5.74, 6) is -1.98. The first-order chi connectivity index (χ1) is 44.8. The lowest BCUT2D eigenvalue weighted by atomic mass is 9.84. The maximum atomic E-state index is 14.3. The lowest BCUT2D eigenvalue weighted by molar-refractivity contribution is -0.360. The Bertz CT molecular complexity index is 1940. The molecule has 0 amide bonds. The van der Waals surface area contributed by atoms with E-state index in [-0.39, 0.29) is 19.3 Å². The van der Waals surface area contributed by atoms with Crippen molar-refractivity contribution < 1.29 is 117 Å². The summed E-state index contributed by atoms with van der Waals surface area (Å²) >= 11 is 0. The average Bonchev–Trinajstić information content (AvgIpc) is 0.782. The van der Waals surface area contributed by atoms with Crippen LogP contribution in [0, 0.1) is 0 Å². The first kappa shape index (κ1) is 85.2. The van der Waals surface area contributed by atoms with Crippen molar-refractivity contribution in [2.24, 2.45) is 0 Å². The van der Waals surface area contributed by atoms with Crippen LogP contribution in [0.25, 0.3) is 0 Å². The van der Waals surface area contributed by atoms with Gasteiger partial charge in [-0.15, -0.1) is 0 Å². The number of esters is 3. The quantitative estimate of drug-likeness (QED) is 0.0117. The normalized spacial score (nSPS) is 28.4. The molecule has 0 bridgehead atoms. The predicted molar refractivity (Wildman–Crippen MR) is 347 cm³/mol. The standard InChI is InChI=1S/C68H127O24P/c1-4-7-10-13-16-19-22-24-25-26-29-31-34-37-40-43-53(71)85-48-51-56(74)58(76)63(81)68(89-51)91-65-61(79)59(77)60(78)64(90-67-62(80)57(75)55(73)50(45-69)88-67)66(65)92-93(82,83)86-47-49(87-54(72)44-41-38-35-32-27-21-18-15-12-9-6-3)46-84-52(70)42-39-36-33-30-28-23-20-17-14-11-8-5-2/h49-51,55-69,73-81H,4-48H2,1-3H3,(H,82,83). The Hall–Kier alpha value is -2.04. The maximum Gasteiger partial charge on any atom is 0.472 e. The van der Waals surface area contributed by atoms with Gasteiger partial charge in [0.15, 0.2) is 18.7 Å². The minimum atomic E-state index is -5.68. The van der Waals surface area contributed by atoms with Gasteiger partial charge in [0, 0.05) is 19.3 Å². The van der Waals surface area contributed by atoms with Crippen LogP contribution in [0.2, 0.25) is 0 Å². The van der Waals surface area contributed by atoms with Crippen LogP contribution < -0.4 is 0 Å². The molecule has 2 saturated heterocycles. The zero-order valence-corrected chi connectivity index (χ0v) is 57.7. The van der Waals surface area contributed by atoms with E-state index < -0.39 is 156 Å². The van der Waals surface area contributed by atoms with Crippen LogP contribution >= 0.6 is 7.82 Å². The Balaban J connectivity index is 1.74. The molecule has 1 saturated carbocycles. The van der Waals surface area contributed by atoms with Crippen molar-refractivity contribution >= 4 is 25.7 Å². The van der Waals surface area contributed by atoms with Crippen molar-refractivity contribution in [3.8, 4) is 0 Å². The Morgan fingerprint density at radius 2 is 0.688 bits per heavy atom. The second-order valence-electron chi connectivity index (χ2n) is 26.3. The molecule has 2 aliphatic heterocycles. The second-order valence-corrected chi connectivity index (χ2v) is 27.7. The number of phosphoric ester groups is 1. The fourth-order valence-corrected chi connectivity index (χ4v) is 13.1. The third-order valence-corrected chi connectivity index (χ3v) is 19.1. The molecule has 18 atom stereocenters. The number of carbonyl (C=O) groups excluding carboxylic acids is 3. The third kappa shape index (κ3) is 35.0. The van der Waals surface area contributed by atoms with Crippen LogP contribution in [0.15, 0.2) is 0 Å². The van der Waals surface area contributed by atoms with Gasteiger partial charge >= 0.3 is 25.7 Å². The molecule has 0 spiro atoms. The molecule has 0 aromatic heterocycles. The summed E-state index contributed by atoms with van der Waals surface area (Å²) in [4.78, 5) is 50.8. The molecule has 11 N–H and O–H groups in total. The monoisotopic (exact) mass is 1360 g/mol. The average molecular weight is 1360 g/mol. The smallest absolute Gasteiger partial charge is 0.463 e. The van der Waals surface area contributed by atoms with Crippen LogP contribution in [-0.2, 0) is 61.2 Å². The molecule has 0 aromatic rings. The van der Waals surface area contributed by atoms with Crippen molar-refractivity contribution in [1.29, 1.82) is 0 Å². The van der Waals surface area contributed by atoms with E-state index >= 15 is 0 Å². The third-order valence-electron chi connectivity index (χ3n) is 18.1. The fraction of sp³-hybridized carbons (Fsp3) is 0.956. The molecular formula is C68H127O24P. The molecule has 93 heavy (non-hydrogen) atoms. The zero-order valence-electron chi connectivity index (χ0n) is 56.8. The summed E-state index contributed by atoms with van der Waals surface area (Å²) in [7, 11) is -5.68. The highest BCUT2D eigenvalue weighted by Crippen LogP contribution is 2.49. The molecule has 18 unspecified atom stereocenters. The summed E-state index contributed by atoms with van der Waals surface area (Å²) in [6, 6.07) is 0. The summed E-state index contributed by atoms with van der Waals surface area (Å²) in [5.41, 5.74) is 0. The van der Waals surface area contributed by atoms with Crippen LogP contribution in [0.3, 0.4) is 0 Å². The van der Waals surface area contributed by atoms with Gasteiger partial charge in [-0.05, 0) is 19.3 Å². The number of unbranched alkanes of at least 4 members (excludes halogenated alkanes) is 35. The number of carbonyl (C=O) groups is 3. The highest BCUT2D eigenvalue weighted by molar-refractivity contribution is 7.47. The second kappa shape index (κ2) is 51.2. The van der Waals surface area contributed by atoms with Crippen molar-refractivity contribution in [2.75, 3.05) is 26.4 Å². The van der Waals surface area contributed by atoms with Gasteiger partial charge in [0.25, 0.3) is 0 Å². The number of rotatable bonds is 56. The Kier molecular flexibility index (Phi) is 46.9. The van der Waals surface area contributed by atoms with Crippen molar-refractivity contribution in [3.05, 3.63) is 0 Å². The van der Waals surface area contributed by atoms with Gasteiger partial charge in [-0.2, -0.15) is 0 Å². The SMILES string of the molecule is CCCCCCCCCCCCCCCCCC(=O)OCC1OC(OC2C(O)C(O)C(O)C(OC3OC(CO)C(O)C(O)C3O)C2OP(=O)(O)OCC(COC(=O)CCCCCCCCCCCCCC)OC(=O)CCCCCCCCCCCCC)C(O)C(O)C1O. The molecule has 3 fully saturated rings. The van der Waals surface area contributed by atoms with Crippen LogP contribution in [-0.4, -0.2) is 204 Å². The minimum absolute atomic E-state index is 0.0338. The maximum absolute atomic E-state index is 14.3. The van der Waals surface area contributed by atoms with Gasteiger partial charge in [0.1, 0.15) is 98.7 Å². The Morgan fingerprint density at radius 3 is 1.05 bits per heavy atom. The number of hydrogen-bond acceptors (Lipinski definition) is 23. The Morgan fingerprint density at radius 1 is 0.376 bits per heavy atom. The Labute approximate surface area is 555 Å². The zero-order chi connectivity index (χ0) is 68.2. The highest BCUT2D eigenvalue weighted by Gasteiger charge is 2.58. The summed E-state index contributed by atoms with van der Waals surface area (Å²) in [6.45, 7) is 3.43. The number of ether oxygens (including phenoxy) is 7. The van der Waals surface area contributed by atoms with Crippen LogP contribution in [0.5, 0.6) is 0 Å². The number of aliphatic hydroxyl groups is 10. The summed E-state index contributed by atoms with van der Waals surface area (Å²) in [6.07, 6.45) is 6.26. The van der Waals surface area contributed by atoms with E-state index in [1.54, 1.807) is 0 Å². The molecule has 25 heteroatoms. The van der Waals surface area contributed by atoms with Gasteiger partial charge in [-0.25, -0.2) is 4.57 Å². The molecule has 24 nitrogen and oxygen atoms in total. The molecule has 2 heterocycles. The number of phosphoric acid groups is 1. The molecule has 548 valence electrons. The van der Waals surface area contributed by atoms with E-state index in [0.717, 1.165) is 96.3 Å². The van der Waals surface area contributed by atoms with E-state index in [4.69, 9.17) is 42.2 Å². The van der Waals surface area contributed by atoms with Gasteiger partial charge in [-0.1, -0.05) is 245 Å². The van der Waals surface area contributed by atoms with Gasteiger partial charge in [0.05, 0.1) is 13.2 Å². The van der Waals surface area contributed by atoms with Crippen LogP contribution in [0.1, 0.15) is 284 Å². The van der Waals surface area contributed by atoms with Gasteiger partial charge < -0.3 is 89.1 Å². The van der Waals surface area contributed by atoms with E-state index in [9.17, 15) is 74.9 Å². The highest BCUT2D eigenvalue weighted by atomic mass is 31.2. The first-order valence-electron chi connectivity index (χ1n) is 36.3. The number of aliphatic hydroxyl groups excluding tert-OH is 10. The van der Waals surface area contributed by atoms with E-state index in [1.165, 1.54) is 128 Å². The van der Waals surface area contributed by atoms with Crippen LogP contribution in [0.4, 0.5) is 0 Å². The van der Waals surface area contributed by atoms with Crippen molar-refractivity contribution in [2.45, 2.75) is 388 Å². The number of hydrogen-bond donors (Lipinski definition) is 11. The van der Waals surface area contributed by atoms with E-state index in [2.05, 4.69) is 20.8 Å². The first-order valence-corrected chi connectivity index (χ1v) is 37.8. The molecular weight excluding hydrogens is 1230 g/mol. The topological polar surface area (TPSA) is 374 Å². The predicted octanol–water partition coefficient (Wildman–Crippen LogP) is 9.01. The molecule has 0 aromatic carbocycles. The fourth-order valence-electron chi connectivity index (χ4n) is 12.2. The largest absolute Gasteiger partial charge is 0.472 e. The van der Waals surface area contributed by atoms with E-state index in [0.29, 0.717) is 19.3 Å². The summed E-state index contributed by atoms with van der Waals surface area (Å²) < 4.78 is 64.9. The minimum Gasteiger partial charge on any atom is -0.463 e. The molecule has 3 rings (SSSR count).